The minimum absolute atomic E-state index is 0.241. The summed E-state index contributed by atoms with van der Waals surface area (Å²) in [6.07, 6.45) is -5.97. The number of alkyl halides is 15. The van der Waals surface area contributed by atoms with Gasteiger partial charge in [-0.3, -0.25) is 0 Å². The Bertz CT molecular complexity index is 590. The second-order valence-corrected chi connectivity index (χ2v) is 12.3. The Labute approximate surface area is 155 Å². The fourth-order valence-corrected chi connectivity index (χ4v) is 3.02. The standard InChI is InChI=1S/C13H15F15Si/c1-5-6(14)7(15,16)8(17,18)9(19,20)10(21,22)11(23,24)12(25,26)13(27,28)29(2,3)4/h6H,5H2,1-4H3. The van der Waals surface area contributed by atoms with Gasteiger partial charge in [0.1, 0.15) is 8.07 Å². The molecule has 0 N–H and O–H groups in total. The second-order valence-electron chi connectivity index (χ2n) is 7.20. The van der Waals surface area contributed by atoms with Gasteiger partial charge in [0.2, 0.25) is 0 Å². The normalized spacial score (nSPS) is 17.5. The van der Waals surface area contributed by atoms with Crippen molar-refractivity contribution in [3.8, 4) is 0 Å². The molecule has 0 aromatic heterocycles. The van der Waals surface area contributed by atoms with Gasteiger partial charge in [0.25, 0.3) is 5.55 Å². The van der Waals surface area contributed by atoms with Crippen molar-refractivity contribution >= 4 is 8.07 Å². The minimum atomic E-state index is -8.15. The first-order valence-electron chi connectivity index (χ1n) is 7.52. The van der Waals surface area contributed by atoms with E-state index in [1.165, 1.54) is 0 Å². The van der Waals surface area contributed by atoms with Gasteiger partial charge >= 0.3 is 35.5 Å². The summed E-state index contributed by atoms with van der Waals surface area (Å²) in [7, 11) is -4.91. The highest BCUT2D eigenvalue weighted by Crippen LogP contribution is 2.63. The van der Waals surface area contributed by atoms with Crippen molar-refractivity contribution in [2.24, 2.45) is 0 Å². The summed E-state index contributed by atoms with van der Waals surface area (Å²) in [5.74, 6) is -45.9. The molecule has 0 radical (unpaired) electrons. The van der Waals surface area contributed by atoms with Crippen LogP contribution in [0.25, 0.3) is 0 Å². The zero-order valence-corrected chi connectivity index (χ0v) is 16.0. The van der Waals surface area contributed by atoms with E-state index in [0.717, 1.165) is 0 Å². The Morgan fingerprint density at radius 3 is 1.10 bits per heavy atom. The molecule has 176 valence electrons. The molecular weight excluding hydrogens is 469 g/mol. The van der Waals surface area contributed by atoms with Crippen LogP contribution in [0.5, 0.6) is 0 Å². The highest BCUT2D eigenvalue weighted by molar-refractivity contribution is 6.78. The molecule has 0 aliphatic rings. The molecule has 0 aromatic rings. The van der Waals surface area contributed by atoms with E-state index < -0.39 is 61.7 Å². The van der Waals surface area contributed by atoms with Crippen molar-refractivity contribution in [3.63, 3.8) is 0 Å². The van der Waals surface area contributed by atoms with Crippen LogP contribution in [0, 0.1) is 0 Å². The third-order valence-corrected chi connectivity index (χ3v) is 6.28. The van der Waals surface area contributed by atoms with E-state index in [4.69, 9.17) is 0 Å². The van der Waals surface area contributed by atoms with Gasteiger partial charge in [-0.25, -0.2) is 13.2 Å². The minimum Gasteiger partial charge on any atom is -0.241 e. The lowest BCUT2D eigenvalue weighted by atomic mass is 9.89. The Morgan fingerprint density at radius 1 is 0.552 bits per heavy atom. The van der Waals surface area contributed by atoms with E-state index >= 15 is 0 Å². The number of hydrogen-bond acceptors (Lipinski definition) is 0. The van der Waals surface area contributed by atoms with Crippen LogP contribution in [0.3, 0.4) is 0 Å². The molecule has 0 nitrogen and oxygen atoms in total. The molecule has 0 aliphatic carbocycles. The molecule has 0 amide bonds. The average Bonchev–Trinajstić information content (AvgIpc) is 2.51. The second kappa shape index (κ2) is 7.11. The monoisotopic (exact) mass is 484 g/mol. The third kappa shape index (κ3) is 3.49. The van der Waals surface area contributed by atoms with E-state index in [-0.39, 0.29) is 19.6 Å². The number of halogens is 15. The SMILES string of the molecule is CCC(F)C(F)(F)C(F)(F)C(F)(F)C(F)(F)C(F)(F)C(F)(F)C(F)(F)[Si](C)(C)C. The first-order chi connectivity index (χ1) is 12.2. The molecular formula is C13H15F15Si. The first-order valence-corrected chi connectivity index (χ1v) is 11.0. The molecule has 29 heavy (non-hydrogen) atoms. The van der Waals surface area contributed by atoms with Crippen molar-refractivity contribution in [1.29, 1.82) is 0 Å². The molecule has 0 saturated heterocycles. The van der Waals surface area contributed by atoms with Crippen molar-refractivity contribution in [1.82, 2.24) is 0 Å². The van der Waals surface area contributed by atoms with Crippen LogP contribution in [0.1, 0.15) is 13.3 Å². The van der Waals surface area contributed by atoms with Gasteiger partial charge in [-0.2, -0.15) is 52.7 Å². The van der Waals surface area contributed by atoms with Crippen molar-refractivity contribution in [3.05, 3.63) is 0 Å². The van der Waals surface area contributed by atoms with Crippen LogP contribution < -0.4 is 0 Å². The Morgan fingerprint density at radius 2 is 0.828 bits per heavy atom. The van der Waals surface area contributed by atoms with Gasteiger partial charge in [0.15, 0.2) is 6.17 Å². The highest BCUT2D eigenvalue weighted by atomic mass is 28.3. The molecule has 0 aliphatic heterocycles. The summed E-state index contributed by atoms with van der Waals surface area (Å²) in [5, 5.41) is 0. The maximum absolute atomic E-state index is 13.7. The van der Waals surface area contributed by atoms with Crippen LogP contribution >= 0.6 is 0 Å². The quantitative estimate of drug-likeness (QED) is 0.243. The molecule has 16 heteroatoms. The predicted molar refractivity (Wildman–Crippen MR) is 73.2 cm³/mol. The van der Waals surface area contributed by atoms with Crippen LogP contribution in [-0.2, 0) is 0 Å². The lowest BCUT2D eigenvalue weighted by molar-refractivity contribution is -0.439. The van der Waals surface area contributed by atoms with Gasteiger partial charge < -0.3 is 0 Å². The van der Waals surface area contributed by atoms with Gasteiger partial charge in [-0.15, -0.1) is 0 Å². The van der Waals surface area contributed by atoms with Crippen molar-refractivity contribution in [2.75, 3.05) is 0 Å². The summed E-state index contributed by atoms with van der Waals surface area (Å²) in [5.41, 5.74) is -6.08. The molecule has 0 heterocycles. The number of hydrogen-bond donors (Lipinski definition) is 0. The van der Waals surface area contributed by atoms with Gasteiger partial charge in [-0.05, 0) is 6.42 Å². The summed E-state index contributed by atoms with van der Waals surface area (Å²) in [6.45, 7) is 1.09. The zero-order chi connectivity index (χ0) is 24.3. The predicted octanol–water partition coefficient (Wildman–Crippen LogP) is 7.06. The van der Waals surface area contributed by atoms with E-state index in [1.54, 1.807) is 0 Å². The van der Waals surface area contributed by atoms with Crippen LogP contribution in [-0.4, -0.2) is 55.3 Å². The van der Waals surface area contributed by atoms with E-state index in [9.17, 15) is 65.9 Å². The Kier molecular flexibility index (Phi) is 6.90. The molecule has 0 aromatic carbocycles. The highest BCUT2D eigenvalue weighted by Gasteiger charge is 2.93. The van der Waals surface area contributed by atoms with Crippen LogP contribution in [0.2, 0.25) is 19.6 Å². The van der Waals surface area contributed by atoms with Crippen LogP contribution in [0.15, 0.2) is 0 Å². The van der Waals surface area contributed by atoms with E-state index in [1.807, 2.05) is 0 Å². The van der Waals surface area contributed by atoms with Gasteiger partial charge in [0, 0.05) is 0 Å². The van der Waals surface area contributed by atoms with E-state index in [2.05, 4.69) is 0 Å². The zero-order valence-electron chi connectivity index (χ0n) is 15.0. The maximum Gasteiger partial charge on any atom is 0.384 e. The largest absolute Gasteiger partial charge is 0.384 e. The topological polar surface area (TPSA) is 0 Å². The fourth-order valence-electron chi connectivity index (χ4n) is 1.92. The van der Waals surface area contributed by atoms with E-state index in [0.29, 0.717) is 6.92 Å². The molecule has 0 fully saturated rings. The maximum atomic E-state index is 13.7. The molecule has 0 bridgehead atoms. The summed E-state index contributed by atoms with van der Waals surface area (Å²) in [4.78, 5) is 0. The lowest BCUT2D eigenvalue weighted by Gasteiger charge is -2.45. The van der Waals surface area contributed by atoms with Crippen molar-refractivity contribution in [2.45, 2.75) is 80.2 Å². The average molecular weight is 484 g/mol. The van der Waals surface area contributed by atoms with Gasteiger partial charge in [-0.1, -0.05) is 26.6 Å². The van der Waals surface area contributed by atoms with Crippen molar-refractivity contribution < 1.29 is 65.9 Å². The fraction of sp³-hybridized carbons (Fsp3) is 1.00. The number of rotatable bonds is 9. The molecule has 0 saturated carbocycles. The third-order valence-electron chi connectivity index (χ3n) is 4.08. The van der Waals surface area contributed by atoms with Gasteiger partial charge in [0.05, 0.1) is 0 Å². The lowest BCUT2D eigenvalue weighted by Crippen LogP contribution is -2.76. The summed E-state index contributed by atoms with van der Waals surface area (Å²) >= 11 is 0. The Balaban J connectivity index is 6.73. The molecule has 1 unspecified atom stereocenters. The summed E-state index contributed by atoms with van der Waals surface area (Å²) in [6, 6.07) is 0. The molecule has 0 rings (SSSR count). The molecule has 1 atom stereocenters. The Hall–Kier alpha value is -0.833. The summed E-state index contributed by atoms with van der Waals surface area (Å²) < 4.78 is 202. The first kappa shape index (κ1) is 28.2. The molecule has 0 spiro atoms. The van der Waals surface area contributed by atoms with Crippen LogP contribution in [0.4, 0.5) is 65.9 Å². The smallest absolute Gasteiger partial charge is 0.241 e.